The van der Waals surface area contributed by atoms with Gasteiger partial charge in [-0.25, -0.2) is 19.2 Å². The fourth-order valence-corrected chi connectivity index (χ4v) is 2.50. The Bertz CT molecular complexity index is 876. The number of aromatic carboxylic acids is 1. The third kappa shape index (κ3) is 3.11. The van der Waals surface area contributed by atoms with Crippen LogP contribution in [0.5, 0.6) is 0 Å². The summed E-state index contributed by atoms with van der Waals surface area (Å²) in [7, 11) is 0. The van der Waals surface area contributed by atoms with E-state index in [1.54, 1.807) is 12.1 Å². The highest BCUT2D eigenvalue weighted by atomic mass is 19.1. The minimum absolute atomic E-state index is 0.120. The fraction of sp³-hybridized carbons (Fsp3) is 0.118. The standard InChI is InChI=1S/C17H14FN3O2/c1-10-5-11(7-12(18)6-10)8-19-16-13-3-2-4-14(17(22)23)15(13)20-9-21-16/h2-7,9H,8H2,1H3,(H,22,23)(H,19,20,21). The normalized spacial score (nSPS) is 10.7. The predicted octanol–water partition coefficient (Wildman–Crippen LogP) is 3.39. The number of carbonyl (C=O) groups is 1. The van der Waals surface area contributed by atoms with Crippen molar-refractivity contribution in [3.8, 4) is 0 Å². The van der Waals surface area contributed by atoms with Gasteiger partial charge in [0, 0.05) is 11.9 Å². The van der Waals surface area contributed by atoms with Gasteiger partial charge in [0.15, 0.2) is 0 Å². The van der Waals surface area contributed by atoms with Gasteiger partial charge >= 0.3 is 5.97 Å². The van der Waals surface area contributed by atoms with Crippen molar-refractivity contribution in [2.24, 2.45) is 0 Å². The Kier molecular flexibility index (Phi) is 3.89. The highest BCUT2D eigenvalue weighted by Gasteiger charge is 2.12. The molecule has 0 saturated carbocycles. The number of halogens is 1. The Labute approximate surface area is 131 Å². The first kappa shape index (κ1) is 14.9. The van der Waals surface area contributed by atoms with Crippen LogP contribution in [-0.2, 0) is 6.54 Å². The molecule has 0 radical (unpaired) electrons. The number of benzene rings is 2. The van der Waals surface area contributed by atoms with Gasteiger partial charge in [-0.05, 0) is 42.3 Å². The molecular weight excluding hydrogens is 297 g/mol. The number of hydrogen-bond donors (Lipinski definition) is 2. The van der Waals surface area contributed by atoms with E-state index in [0.29, 0.717) is 23.3 Å². The highest BCUT2D eigenvalue weighted by molar-refractivity contribution is 6.04. The van der Waals surface area contributed by atoms with E-state index in [0.717, 1.165) is 11.1 Å². The van der Waals surface area contributed by atoms with Gasteiger partial charge in [-0.1, -0.05) is 12.1 Å². The van der Waals surface area contributed by atoms with E-state index in [4.69, 9.17) is 0 Å². The molecule has 6 heteroatoms. The summed E-state index contributed by atoms with van der Waals surface area (Å²) in [6, 6.07) is 9.68. The first-order chi connectivity index (χ1) is 11.0. The van der Waals surface area contributed by atoms with E-state index >= 15 is 0 Å². The summed E-state index contributed by atoms with van der Waals surface area (Å²) in [4.78, 5) is 19.5. The fourth-order valence-electron chi connectivity index (χ4n) is 2.50. The van der Waals surface area contributed by atoms with E-state index in [-0.39, 0.29) is 11.4 Å². The number of rotatable bonds is 4. The van der Waals surface area contributed by atoms with Crippen molar-refractivity contribution in [2.75, 3.05) is 5.32 Å². The monoisotopic (exact) mass is 311 g/mol. The van der Waals surface area contributed by atoms with Crippen LogP contribution >= 0.6 is 0 Å². The molecule has 0 aliphatic rings. The Hall–Kier alpha value is -3.02. The summed E-state index contributed by atoms with van der Waals surface area (Å²) < 4.78 is 13.4. The molecule has 0 atom stereocenters. The molecule has 2 N–H and O–H groups in total. The Morgan fingerprint density at radius 2 is 2.09 bits per heavy atom. The smallest absolute Gasteiger partial charge is 0.337 e. The van der Waals surface area contributed by atoms with Crippen molar-refractivity contribution in [2.45, 2.75) is 13.5 Å². The number of aryl methyl sites for hydroxylation is 1. The van der Waals surface area contributed by atoms with Crippen LogP contribution in [0.3, 0.4) is 0 Å². The Morgan fingerprint density at radius 1 is 1.26 bits per heavy atom. The van der Waals surface area contributed by atoms with Gasteiger partial charge in [-0.15, -0.1) is 0 Å². The summed E-state index contributed by atoms with van der Waals surface area (Å²) in [5.74, 6) is -0.816. The highest BCUT2D eigenvalue weighted by Crippen LogP contribution is 2.23. The lowest BCUT2D eigenvalue weighted by atomic mass is 10.1. The lowest BCUT2D eigenvalue weighted by Gasteiger charge is -2.10. The van der Waals surface area contributed by atoms with Gasteiger partial charge in [-0.3, -0.25) is 0 Å². The van der Waals surface area contributed by atoms with Gasteiger partial charge < -0.3 is 10.4 Å². The molecule has 5 nitrogen and oxygen atoms in total. The van der Waals surface area contributed by atoms with Crippen molar-refractivity contribution in [3.63, 3.8) is 0 Å². The predicted molar refractivity (Wildman–Crippen MR) is 85.0 cm³/mol. The van der Waals surface area contributed by atoms with Gasteiger partial charge in [0.25, 0.3) is 0 Å². The maximum Gasteiger partial charge on any atom is 0.337 e. The minimum Gasteiger partial charge on any atom is -0.478 e. The number of aromatic nitrogens is 2. The Balaban J connectivity index is 1.94. The summed E-state index contributed by atoms with van der Waals surface area (Å²) in [6.07, 6.45) is 1.31. The van der Waals surface area contributed by atoms with Crippen LogP contribution in [0.15, 0.2) is 42.7 Å². The third-order valence-electron chi connectivity index (χ3n) is 3.46. The van der Waals surface area contributed by atoms with E-state index < -0.39 is 5.97 Å². The van der Waals surface area contributed by atoms with Crippen LogP contribution in [0.4, 0.5) is 10.2 Å². The van der Waals surface area contributed by atoms with E-state index in [2.05, 4.69) is 15.3 Å². The number of fused-ring (bicyclic) bond motifs is 1. The summed E-state index contributed by atoms with van der Waals surface area (Å²) >= 11 is 0. The number of para-hydroxylation sites is 1. The van der Waals surface area contributed by atoms with Crippen molar-refractivity contribution < 1.29 is 14.3 Å². The molecule has 0 saturated heterocycles. The molecule has 0 spiro atoms. The number of anilines is 1. The van der Waals surface area contributed by atoms with Gasteiger partial charge in [0.2, 0.25) is 0 Å². The molecule has 0 bridgehead atoms. The molecule has 0 amide bonds. The lowest BCUT2D eigenvalue weighted by Crippen LogP contribution is -2.05. The second-order valence-electron chi connectivity index (χ2n) is 5.22. The van der Waals surface area contributed by atoms with Gasteiger partial charge in [-0.2, -0.15) is 0 Å². The van der Waals surface area contributed by atoms with Crippen LogP contribution in [0.2, 0.25) is 0 Å². The second kappa shape index (κ2) is 6.00. The largest absolute Gasteiger partial charge is 0.478 e. The van der Waals surface area contributed by atoms with Crippen molar-refractivity contribution >= 4 is 22.7 Å². The minimum atomic E-state index is -1.04. The lowest BCUT2D eigenvalue weighted by molar-refractivity contribution is 0.0699. The molecule has 0 unspecified atom stereocenters. The van der Waals surface area contributed by atoms with Crippen LogP contribution in [0.1, 0.15) is 21.5 Å². The summed E-state index contributed by atoms with van der Waals surface area (Å²) in [5, 5.41) is 12.9. The van der Waals surface area contributed by atoms with Crippen molar-refractivity contribution in [3.05, 3.63) is 65.2 Å². The zero-order valence-electron chi connectivity index (χ0n) is 12.4. The number of nitrogens with one attached hydrogen (secondary N) is 1. The van der Waals surface area contributed by atoms with E-state index in [1.807, 2.05) is 13.0 Å². The van der Waals surface area contributed by atoms with Gasteiger partial charge in [0.1, 0.15) is 18.0 Å². The molecule has 0 aliphatic carbocycles. The Morgan fingerprint density at radius 3 is 2.83 bits per heavy atom. The van der Waals surface area contributed by atoms with E-state index in [9.17, 15) is 14.3 Å². The van der Waals surface area contributed by atoms with Crippen LogP contribution in [0.25, 0.3) is 10.9 Å². The van der Waals surface area contributed by atoms with Crippen LogP contribution < -0.4 is 5.32 Å². The van der Waals surface area contributed by atoms with Crippen LogP contribution in [0, 0.1) is 12.7 Å². The molecule has 3 aromatic rings. The number of carboxylic acid groups (broad SMARTS) is 1. The average Bonchev–Trinajstić information content (AvgIpc) is 2.51. The molecular formula is C17H14FN3O2. The third-order valence-corrected chi connectivity index (χ3v) is 3.46. The molecule has 0 aliphatic heterocycles. The van der Waals surface area contributed by atoms with E-state index in [1.165, 1.54) is 24.5 Å². The van der Waals surface area contributed by atoms with Crippen molar-refractivity contribution in [1.82, 2.24) is 9.97 Å². The van der Waals surface area contributed by atoms with Crippen LogP contribution in [-0.4, -0.2) is 21.0 Å². The van der Waals surface area contributed by atoms with Crippen molar-refractivity contribution in [1.29, 1.82) is 0 Å². The summed E-state index contributed by atoms with van der Waals surface area (Å²) in [5.41, 5.74) is 2.11. The molecule has 1 aromatic heterocycles. The average molecular weight is 311 g/mol. The van der Waals surface area contributed by atoms with Gasteiger partial charge in [0.05, 0.1) is 11.1 Å². The topological polar surface area (TPSA) is 75.1 Å². The first-order valence-electron chi connectivity index (χ1n) is 7.01. The number of carboxylic acids is 1. The first-order valence-corrected chi connectivity index (χ1v) is 7.01. The second-order valence-corrected chi connectivity index (χ2v) is 5.22. The molecule has 3 rings (SSSR count). The summed E-state index contributed by atoms with van der Waals surface area (Å²) in [6.45, 7) is 2.20. The SMILES string of the molecule is Cc1cc(F)cc(CNc2ncnc3c(C(=O)O)cccc23)c1. The number of nitrogens with zero attached hydrogens (tertiary/aromatic N) is 2. The quantitative estimate of drug-likeness (QED) is 0.772. The molecule has 116 valence electrons. The molecule has 0 fully saturated rings. The zero-order valence-corrected chi connectivity index (χ0v) is 12.4. The zero-order chi connectivity index (χ0) is 16.4. The molecule has 1 heterocycles. The molecule has 23 heavy (non-hydrogen) atoms. The molecule has 2 aromatic carbocycles. The maximum atomic E-state index is 13.4. The maximum absolute atomic E-state index is 13.4. The number of hydrogen-bond acceptors (Lipinski definition) is 4.